The van der Waals surface area contributed by atoms with Crippen LogP contribution in [0.4, 0.5) is 0 Å². The van der Waals surface area contributed by atoms with Gasteiger partial charge in [-0.25, -0.2) is 0 Å². The molecule has 2 N–H and O–H groups in total. The number of ketones is 1. The molecule has 1 aromatic rings. The van der Waals surface area contributed by atoms with Gasteiger partial charge in [-0.1, -0.05) is 26.0 Å². The number of carbonyl (C=O) groups excluding carboxylic acids is 3. The summed E-state index contributed by atoms with van der Waals surface area (Å²) in [6.07, 6.45) is 5.06. The molecule has 0 aromatic heterocycles. The Morgan fingerprint density at radius 1 is 0.958 bits per heavy atom. The Hall–Kier alpha value is -2.17. The molecule has 1 aliphatic carbocycles. The summed E-state index contributed by atoms with van der Waals surface area (Å²) in [6.45, 7) is 3.86. The second kappa shape index (κ2) is 8.62. The summed E-state index contributed by atoms with van der Waals surface area (Å²) in [6, 6.07) is 5.86. The maximum Gasteiger partial charge on any atom is 0.238 e. The average molecular weight is 330 g/mol. The average Bonchev–Trinajstić information content (AvgIpc) is 2.56. The molecule has 1 aromatic carbocycles. The van der Waals surface area contributed by atoms with Crippen molar-refractivity contribution in [2.24, 2.45) is 5.92 Å². The van der Waals surface area contributed by atoms with E-state index in [-0.39, 0.29) is 36.4 Å². The lowest BCUT2D eigenvalue weighted by Crippen LogP contribution is -2.42. The van der Waals surface area contributed by atoms with Crippen molar-refractivity contribution in [3.63, 3.8) is 0 Å². The molecule has 24 heavy (non-hydrogen) atoms. The third-order valence-electron chi connectivity index (χ3n) is 4.18. The number of nitrogens with one attached hydrogen (secondary N) is 2. The third-order valence-corrected chi connectivity index (χ3v) is 4.18. The van der Waals surface area contributed by atoms with Crippen LogP contribution in [-0.2, 0) is 22.4 Å². The van der Waals surface area contributed by atoms with Gasteiger partial charge in [0.15, 0.2) is 5.78 Å². The molecule has 0 saturated carbocycles. The number of Topliss-reactive ketones (excluding diaryl/α,β-unsaturated/α-hetero) is 1. The first-order valence-corrected chi connectivity index (χ1v) is 8.68. The minimum absolute atomic E-state index is 0.0352. The van der Waals surface area contributed by atoms with Gasteiger partial charge in [-0.05, 0) is 48.8 Å². The molecular weight excluding hydrogens is 304 g/mol. The van der Waals surface area contributed by atoms with Crippen LogP contribution in [0.3, 0.4) is 0 Å². The highest BCUT2D eigenvalue weighted by molar-refractivity contribution is 5.98. The second-order valence-electron chi connectivity index (χ2n) is 6.81. The molecule has 0 fully saturated rings. The van der Waals surface area contributed by atoms with E-state index in [9.17, 15) is 14.4 Å². The molecule has 0 bridgehead atoms. The molecular formula is C19H26N2O3. The molecule has 0 unspecified atom stereocenters. The predicted octanol–water partition coefficient (Wildman–Crippen LogP) is 2.72. The number of amides is 2. The van der Waals surface area contributed by atoms with Gasteiger partial charge in [-0.15, -0.1) is 0 Å². The van der Waals surface area contributed by atoms with E-state index in [0.717, 1.165) is 12.8 Å². The lowest BCUT2D eigenvalue weighted by molar-refractivity contribution is -0.129. The minimum Gasteiger partial charge on any atom is -0.294 e. The van der Waals surface area contributed by atoms with E-state index < -0.39 is 0 Å². The number of carbonyl (C=O) groups is 3. The van der Waals surface area contributed by atoms with Gasteiger partial charge in [0.2, 0.25) is 11.8 Å². The molecule has 130 valence electrons. The number of rotatable bonds is 6. The van der Waals surface area contributed by atoms with Crippen LogP contribution in [0.25, 0.3) is 0 Å². The number of hydrogen-bond donors (Lipinski definition) is 2. The Balaban J connectivity index is 1.78. The summed E-state index contributed by atoms with van der Waals surface area (Å²) in [5.41, 5.74) is 7.99. The monoisotopic (exact) mass is 330 g/mol. The predicted molar refractivity (Wildman–Crippen MR) is 92.4 cm³/mol. The fraction of sp³-hybridized carbons (Fsp3) is 0.526. The standard InChI is InChI=1S/C19H26N2O3/c1-13(2)11-19(24)21-20-18(23)10-9-17(22)16-8-7-14-5-3-4-6-15(14)12-16/h7-8,12-13H,3-6,9-11H2,1-2H3,(H,20,23)(H,21,24). The maximum absolute atomic E-state index is 12.3. The molecule has 0 spiro atoms. The number of aryl methyl sites for hydroxylation is 2. The molecule has 2 rings (SSSR count). The van der Waals surface area contributed by atoms with Gasteiger partial charge in [0.1, 0.15) is 0 Å². The Kier molecular flexibility index (Phi) is 6.53. The van der Waals surface area contributed by atoms with Crippen molar-refractivity contribution in [3.05, 3.63) is 34.9 Å². The van der Waals surface area contributed by atoms with Crippen molar-refractivity contribution >= 4 is 17.6 Å². The molecule has 0 saturated heterocycles. The first kappa shape index (κ1) is 18.2. The number of benzene rings is 1. The van der Waals surface area contributed by atoms with Crippen molar-refractivity contribution in [2.75, 3.05) is 0 Å². The van der Waals surface area contributed by atoms with Crippen LogP contribution >= 0.6 is 0 Å². The van der Waals surface area contributed by atoms with Crippen molar-refractivity contribution in [3.8, 4) is 0 Å². The topological polar surface area (TPSA) is 75.3 Å². The lowest BCUT2D eigenvalue weighted by Gasteiger charge is -2.16. The fourth-order valence-electron chi connectivity index (χ4n) is 2.90. The highest BCUT2D eigenvalue weighted by Crippen LogP contribution is 2.22. The van der Waals surface area contributed by atoms with E-state index in [1.165, 1.54) is 24.0 Å². The highest BCUT2D eigenvalue weighted by atomic mass is 16.2. The first-order chi connectivity index (χ1) is 11.5. The van der Waals surface area contributed by atoms with Gasteiger partial charge in [-0.3, -0.25) is 25.2 Å². The van der Waals surface area contributed by atoms with Gasteiger partial charge in [0.05, 0.1) is 0 Å². The molecule has 5 nitrogen and oxygen atoms in total. The zero-order valence-corrected chi connectivity index (χ0v) is 14.5. The van der Waals surface area contributed by atoms with E-state index in [1.807, 2.05) is 32.0 Å². The van der Waals surface area contributed by atoms with Crippen molar-refractivity contribution in [1.29, 1.82) is 0 Å². The van der Waals surface area contributed by atoms with Gasteiger partial charge in [0.25, 0.3) is 0 Å². The fourth-order valence-corrected chi connectivity index (χ4v) is 2.90. The summed E-state index contributed by atoms with van der Waals surface area (Å²) in [7, 11) is 0. The van der Waals surface area contributed by atoms with Crippen LogP contribution in [0.1, 0.15) is 67.4 Å². The minimum atomic E-state index is -0.349. The number of hydrazine groups is 1. The molecule has 1 aliphatic rings. The van der Waals surface area contributed by atoms with Crippen LogP contribution in [-0.4, -0.2) is 17.6 Å². The number of fused-ring (bicyclic) bond motifs is 1. The Bertz CT molecular complexity index is 623. The van der Waals surface area contributed by atoms with E-state index in [2.05, 4.69) is 10.9 Å². The van der Waals surface area contributed by atoms with Gasteiger partial charge in [0, 0.05) is 24.8 Å². The van der Waals surface area contributed by atoms with Crippen molar-refractivity contribution < 1.29 is 14.4 Å². The largest absolute Gasteiger partial charge is 0.294 e. The van der Waals surface area contributed by atoms with Gasteiger partial charge >= 0.3 is 0 Å². The van der Waals surface area contributed by atoms with Crippen molar-refractivity contribution in [2.45, 2.75) is 58.8 Å². The van der Waals surface area contributed by atoms with Crippen molar-refractivity contribution in [1.82, 2.24) is 10.9 Å². The summed E-state index contributed by atoms with van der Waals surface area (Å²) in [4.78, 5) is 35.4. The van der Waals surface area contributed by atoms with Crippen LogP contribution in [0.15, 0.2) is 18.2 Å². The van der Waals surface area contributed by atoms with Gasteiger partial charge < -0.3 is 0 Å². The second-order valence-corrected chi connectivity index (χ2v) is 6.81. The first-order valence-electron chi connectivity index (χ1n) is 8.68. The lowest BCUT2D eigenvalue weighted by atomic mass is 9.89. The van der Waals surface area contributed by atoms with E-state index >= 15 is 0 Å². The summed E-state index contributed by atoms with van der Waals surface area (Å²) < 4.78 is 0. The molecule has 0 radical (unpaired) electrons. The van der Waals surface area contributed by atoms with Crippen LogP contribution in [0.5, 0.6) is 0 Å². The zero-order chi connectivity index (χ0) is 17.5. The SMILES string of the molecule is CC(C)CC(=O)NNC(=O)CCC(=O)c1ccc2c(c1)CCCC2. The van der Waals surface area contributed by atoms with Crippen LogP contribution in [0, 0.1) is 5.92 Å². The smallest absolute Gasteiger partial charge is 0.238 e. The third kappa shape index (κ3) is 5.48. The van der Waals surface area contributed by atoms with Crippen LogP contribution < -0.4 is 10.9 Å². The quantitative estimate of drug-likeness (QED) is 0.622. The van der Waals surface area contributed by atoms with E-state index in [4.69, 9.17) is 0 Å². The number of hydrogen-bond acceptors (Lipinski definition) is 3. The molecule has 5 heteroatoms. The van der Waals surface area contributed by atoms with E-state index in [0.29, 0.717) is 12.0 Å². The van der Waals surface area contributed by atoms with Crippen LogP contribution in [0.2, 0.25) is 0 Å². The summed E-state index contributed by atoms with van der Waals surface area (Å²) >= 11 is 0. The Morgan fingerprint density at radius 2 is 1.62 bits per heavy atom. The molecule has 0 heterocycles. The maximum atomic E-state index is 12.3. The normalized spacial score (nSPS) is 13.3. The highest BCUT2D eigenvalue weighted by Gasteiger charge is 2.14. The Morgan fingerprint density at radius 3 is 2.33 bits per heavy atom. The van der Waals surface area contributed by atoms with E-state index in [1.54, 1.807) is 0 Å². The molecule has 2 amide bonds. The molecule has 0 atom stereocenters. The molecule has 0 aliphatic heterocycles. The zero-order valence-electron chi connectivity index (χ0n) is 14.5. The Labute approximate surface area is 143 Å². The van der Waals surface area contributed by atoms with Gasteiger partial charge in [-0.2, -0.15) is 0 Å². The summed E-state index contributed by atoms with van der Waals surface area (Å²) in [5, 5.41) is 0. The summed E-state index contributed by atoms with van der Waals surface area (Å²) in [5.74, 6) is -0.378.